The van der Waals surface area contributed by atoms with Crippen molar-refractivity contribution in [3.63, 3.8) is 0 Å². The number of benzene rings is 1. The molecular weight excluding hydrogens is 246 g/mol. The smallest absolute Gasteiger partial charge is 0.224 e. The number of carbonyl (C=O) groups excluding carboxylic acids is 2. The second-order valence-electron chi connectivity index (χ2n) is 4.27. The Morgan fingerprint density at radius 2 is 1.68 bits per heavy atom. The van der Waals surface area contributed by atoms with E-state index >= 15 is 0 Å². The molecule has 1 amide bonds. The number of aryl methyl sites for hydroxylation is 1. The number of ketones is 1. The molecule has 0 atom stereocenters. The predicted octanol–water partition coefficient (Wildman–Crippen LogP) is 2.32. The zero-order chi connectivity index (χ0) is 14.4. The van der Waals surface area contributed by atoms with Gasteiger partial charge in [0.1, 0.15) is 5.78 Å². The first-order chi connectivity index (χ1) is 8.97. The van der Waals surface area contributed by atoms with Gasteiger partial charge in [-0.1, -0.05) is 0 Å². The van der Waals surface area contributed by atoms with Crippen molar-refractivity contribution in [3.8, 4) is 11.5 Å². The molecule has 1 rings (SSSR count). The van der Waals surface area contributed by atoms with Crippen LogP contribution in [0.1, 0.15) is 25.3 Å². The van der Waals surface area contributed by atoms with Crippen LogP contribution < -0.4 is 14.8 Å². The monoisotopic (exact) mass is 265 g/mol. The number of ether oxygens (including phenoxy) is 2. The van der Waals surface area contributed by atoms with Crippen LogP contribution in [0.3, 0.4) is 0 Å². The van der Waals surface area contributed by atoms with E-state index in [1.807, 2.05) is 6.92 Å². The normalized spacial score (nSPS) is 9.89. The Hall–Kier alpha value is -2.04. The Kier molecular flexibility index (Phi) is 5.36. The van der Waals surface area contributed by atoms with Crippen molar-refractivity contribution >= 4 is 17.4 Å². The molecule has 104 valence electrons. The van der Waals surface area contributed by atoms with Crippen molar-refractivity contribution in [2.24, 2.45) is 0 Å². The summed E-state index contributed by atoms with van der Waals surface area (Å²) in [6.45, 7) is 3.33. The summed E-state index contributed by atoms with van der Waals surface area (Å²) in [5.74, 6) is 0.974. The lowest BCUT2D eigenvalue weighted by Crippen LogP contribution is -2.13. The summed E-state index contributed by atoms with van der Waals surface area (Å²) in [6, 6.07) is 3.50. The van der Waals surface area contributed by atoms with E-state index in [-0.39, 0.29) is 24.5 Å². The van der Waals surface area contributed by atoms with Gasteiger partial charge in [-0.2, -0.15) is 0 Å². The van der Waals surface area contributed by atoms with Gasteiger partial charge in [-0.15, -0.1) is 0 Å². The highest BCUT2D eigenvalue weighted by molar-refractivity contribution is 5.94. The molecule has 0 saturated carbocycles. The lowest BCUT2D eigenvalue weighted by Gasteiger charge is -2.13. The van der Waals surface area contributed by atoms with E-state index in [4.69, 9.17) is 9.47 Å². The van der Waals surface area contributed by atoms with Gasteiger partial charge in [0.15, 0.2) is 11.5 Å². The molecule has 0 radical (unpaired) electrons. The molecule has 1 aromatic carbocycles. The lowest BCUT2D eigenvalue weighted by molar-refractivity contribution is -0.121. The van der Waals surface area contributed by atoms with Gasteiger partial charge < -0.3 is 19.6 Å². The molecule has 0 spiro atoms. The van der Waals surface area contributed by atoms with E-state index in [2.05, 4.69) is 5.32 Å². The molecule has 5 nitrogen and oxygen atoms in total. The highest BCUT2D eigenvalue weighted by Gasteiger charge is 2.11. The number of methoxy groups -OCH3 is 2. The molecule has 1 N–H and O–H groups in total. The van der Waals surface area contributed by atoms with Gasteiger partial charge in [0.2, 0.25) is 5.91 Å². The Morgan fingerprint density at radius 3 is 2.21 bits per heavy atom. The van der Waals surface area contributed by atoms with Crippen LogP contribution in [0.5, 0.6) is 11.5 Å². The molecule has 0 saturated heterocycles. The van der Waals surface area contributed by atoms with Crippen molar-refractivity contribution in [3.05, 3.63) is 17.7 Å². The number of amides is 1. The molecule has 5 heteroatoms. The van der Waals surface area contributed by atoms with Crippen LogP contribution in [-0.4, -0.2) is 25.9 Å². The number of nitrogens with one attached hydrogen (secondary N) is 1. The maximum absolute atomic E-state index is 11.7. The average molecular weight is 265 g/mol. The largest absolute Gasteiger partial charge is 0.493 e. The van der Waals surface area contributed by atoms with Crippen molar-refractivity contribution in [2.75, 3.05) is 19.5 Å². The molecule has 0 aliphatic heterocycles. The minimum absolute atomic E-state index is 0.000756. The van der Waals surface area contributed by atoms with Crippen molar-refractivity contribution in [1.82, 2.24) is 0 Å². The van der Waals surface area contributed by atoms with E-state index in [1.165, 1.54) is 14.0 Å². The molecular formula is C14H19NO4. The number of anilines is 1. The lowest BCUT2D eigenvalue weighted by atomic mass is 10.1. The summed E-state index contributed by atoms with van der Waals surface area (Å²) in [5.41, 5.74) is 1.53. The maximum Gasteiger partial charge on any atom is 0.224 e. The predicted molar refractivity (Wildman–Crippen MR) is 72.8 cm³/mol. The minimum Gasteiger partial charge on any atom is -0.493 e. The average Bonchev–Trinajstić information content (AvgIpc) is 2.38. The first-order valence-corrected chi connectivity index (χ1v) is 5.99. The third-order valence-electron chi connectivity index (χ3n) is 2.71. The van der Waals surface area contributed by atoms with Gasteiger partial charge >= 0.3 is 0 Å². The van der Waals surface area contributed by atoms with Crippen LogP contribution >= 0.6 is 0 Å². The standard InChI is InChI=1S/C14H19NO4/c1-9-7-12(18-3)13(19-4)8-11(9)15-14(17)6-5-10(2)16/h7-8H,5-6H2,1-4H3,(H,15,17). The zero-order valence-electron chi connectivity index (χ0n) is 11.7. The van der Waals surface area contributed by atoms with Crippen LogP contribution in [0.15, 0.2) is 12.1 Å². The summed E-state index contributed by atoms with van der Waals surface area (Å²) in [6.07, 6.45) is 0.432. The first-order valence-electron chi connectivity index (χ1n) is 5.99. The summed E-state index contributed by atoms with van der Waals surface area (Å²) >= 11 is 0. The topological polar surface area (TPSA) is 64.6 Å². The Morgan fingerprint density at radius 1 is 1.11 bits per heavy atom. The quantitative estimate of drug-likeness (QED) is 0.857. The fourth-order valence-corrected chi connectivity index (χ4v) is 1.62. The van der Waals surface area contributed by atoms with Crippen LogP contribution in [-0.2, 0) is 9.59 Å². The van der Waals surface area contributed by atoms with E-state index < -0.39 is 0 Å². The van der Waals surface area contributed by atoms with Crippen LogP contribution in [0.2, 0.25) is 0 Å². The Labute approximate surface area is 112 Å². The number of hydrogen-bond donors (Lipinski definition) is 1. The first kappa shape index (κ1) is 15.0. The second kappa shape index (κ2) is 6.78. The highest BCUT2D eigenvalue weighted by atomic mass is 16.5. The molecule has 0 unspecified atom stereocenters. The molecule has 0 aliphatic carbocycles. The molecule has 0 aromatic heterocycles. The Bertz CT molecular complexity index is 483. The van der Waals surface area contributed by atoms with Crippen molar-refractivity contribution in [1.29, 1.82) is 0 Å². The number of Topliss-reactive ketones (excluding diaryl/α,β-unsaturated/α-hetero) is 1. The second-order valence-corrected chi connectivity index (χ2v) is 4.27. The fourth-order valence-electron chi connectivity index (χ4n) is 1.62. The summed E-state index contributed by atoms with van der Waals surface area (Å²) < 4.78 is 10.4. The van der Waals surface area contributed by atoms with Gasteiger partial charge in [-0.25, -0.2) is 0 Å². The van der Waals surface area contributed by atoms with Gasteiger partial charge in [-0.05, 0) is 25.5 Å². The third kappa shape index (κ3) is 4.28. The summed E-state index contributed by atoms with van der Waals surface area (Å²) in [5, 5.41) is 2.76. The summed E-state index contributed by atoms with van der Waals surface area (Å²) in [4.78, 5) is 22.5. The zero-order valence-corrected chi connectivity index (χ0v) is 11.7. The van der Waals surface area contributed by atoms with Crippen molar-refractivity contribution in [2.45, 2.75) is 26.7 Å². The van der Waals surface area contributed by atoms with Gasteiger partial charge in [0.05, 0.1) is 14.2 Å². The van der Waals surface area contributed by atoms with Gasteiger partial charge in [0.25, 0.3) is 0 Å². The van der Waals surface area contributed by atoms with Gasteiger partial charge in [-0.3, -0.25) is 4.79 Å². The molecule has 19 heavy (non-hydrogen) atoms. The Balaban J connectivity index is 2.83. The molecule has 0 aliphatic rings. The van der Waals surface area contributed by atoms with Crippen LogP contribution in [0.25, 0.3) is 0 Å². The molecule has 0 fully saturated rings. The van der Waals surface area contributed by atoms with E-state index in [1.54, 1.807) is 19.2 Å². The van der Waals surface area contributed by atoms with E-state index in [0.717, 1.165) is 5.56 Å². The van der Waals surface area contributed by atoms with Crippen molar-refractivity contribution < 1.29 is 19.1 Å². The maximum atomic E-state index is 11.7. The minimum atomic E-state index is -0.189. The summed E-state index contributed by atoms with van der Waals surface area (Å²) in [7, 11) is 3.09. The van der Waals surface area contributed by atoms with Gasteiger partial charge in [0, 0.05) is 24.6 Å². The van der Waals surface area contributed by atoms with Crippen LogP contribution in [0, 0.1) is 6.92 Å². The molecule has 1 aromatic rings. The molecule has 0 bridgehead atoms. The number of hydrogen-bond acceptors (Lipinski definition) is 4. The highest BCUT2D eigenvalue weighted by Crippen LogP contribution is 2.32. The SMILES string of the molecule is COc1cc(C)c(NC(=O)CCC(C)=O)cc1OC. The fraction of sp³-hybridized carbons (Fsp3) is 0.429. The number of rotatable bonds is 6. The van der Waals surface area contributed by atoms with E-state index in [9.17, 15) is 9.59 Å². The van der Waals surface area contributed by atoms with E-state index in [0.29, 0.717) is 17.2 Å². The molecule has 0 heterocycles. The number of carbonyl (C=O) groups is 2. The van der Waals surface area contributed by atoms with Crippen LogP contribution in [0.4, 0.5) is 5.69 Å². The third-order valence-corrected chi connectivity index (χ3v) is 2.71.